The average Bonchev–Trinajstić information content (AvgIpc) is 2.88. The Labute approximate surface area is 123 Å². The topological polar surface area (TPSA) is 72.2 Å². The van der Waals surface area contributed by atoms with Gasteiger partial charge in [-0.05, 0) is 29.5 Å². The van der Waals surface area contributed by atoms with E-state index in [1.807, 2.05) is 17.5 Å². The van der Waals surface area contributed by atoms with E-state index >= 15 is 0 Å². The molecule has 3 N–H and O–H groups in total. The summed E-state index contributed by atoms with van der Waals surface area (Å²) in [6, 6.07) is 10.8. The summed E-state index contributed by atoms with van der Waals surface area (Å²) < 4.78 is 23.3. The predicted molar refractivity (Wildman–Crippen MR) is 83.3 cm³/mol. The largest absolute Gasteiger partial charge is 0.376 e. The van der Waals surface area contributed by atoms with Gasteiger partial charge < -0.3 is 5.32 Å². The van der Waals surface area contributed by atoms with Crippen molar-refractivity contribution in [3.63, 3.8) is 0 Å². The molecule has 0 spiro atoms. The second-order valence-corrected chi connectivity index (χ2v) is 7.43. The third-order valence-electron chi connectivity index (χ3n) is 3.02. The van der Waals surface area contributed by atoms with E-state index in [4.69, 9.17) is 5.14 Å². The van der Waals surface area contributed by atoms with Crippen molar-refractivity contribution in [1.82, 2.24) is 0 Å². The summed E-state index contributed by atoms with van der Waals surface area (Å²) in [6.07, 6.45) is 0. The van der Waals surface area contributed by atoms with E-state index in [0.717, 1.165) is 0 Å². The number of nitrogens with two attached hydrogens (primary N) is 1. The number of anilines is 1. The lowest BCUT2D eigenvalue weighted by atomic mass is 10.0. The molecule has 0 amide bonds. The second-order valence-electron chi connectivity index (χ2n) is 4.92. The van der Waals surface area contributed by atoms with E-state index in [1.165, 1.54) is 10.9 Å². The number of benzene rings is 1. The van der Waals surface area contributed by atoms with Crippen LogP contribution in [0.5, 0.6) is 0 Å². The van der Waals surface area contributed by atoms with Gasteiger partial charge in [-0.3, -0.25) is 0 Å². The van der Waals surface area contributed by atoms with Gasteiger partial charge in [-0.2, -0.15) is 0 Å². The molecule has 2 rings (SSSR count). The molecule has 108 valence electrons. The summed E-state index contributed by atoms with van der Waals surface area (Å²) >= 11 is 1.65. The van der Waals surface area contributed by atoms with Crippen molar-refractivity contribution < 1.29 is 8.42 Å². The number of rotatable bonds is 5. The zero-order chi connectivity index (χ0) is 14.8. The highest BCUT2D eigenvalue weighted by molar-refractivity contribution is 7.89. The summed E-state index contributed by atoms with van der Waals surface area (Å²) in [6.45, 7) is 4.19. The molecule has 1 aromatic carbocycles. The Morgan fingerprint density at radius 2 is 1.85 bits per heavy atom. The maximum atomic E-state index is 11.6. The monoisotopic (exact) mass is 310 g/mol. The van der Waals surface area contributed by atoms with Gasteiger partial charge in [-0.15, -0.1) is 11.3 Å². The van der Waals surface area contributed by atoms with Crippen molar-refractivity contribution in [1.29, 1.82) is 0 Å². The number of hydrogen-bond donors (Lipinski definition) is 2. The third-order valence-corrected chi connectivity index (χ3v) is 4.95. The van der Waals surface area contributed by atoms with Gasteiger partial charge in [-0.1, -0.05) is 32.0 Å². The number of thiophene rings is 1. The summed E-state index contributed by atoms with van der Waals surface area (Å²) in [7, 11) is -3.73. The second kappa shape index (κ2) is 5.95. The molecule has 0 saturated carbocycles. The highest BCUT2D eigenvalue weighted by atomic mass is 32.2. The fourth-order valence-electron chi connectivity index (χ4n) is 2.04. The smallest absolute Gasteiger partial charge is 0.240 e. The summed E-state index contributed by atoms with van der Waals surface area (Å²) in [5.41, 5.74) is 0.544. The first-order chi connectivity index (χ1) is 9.39. The Morgan fingerprint density at radius 1 is 1.15 bits per heavy atom. The highest BCUT2D eigenvalue weighted by Crippen LogP contribution is 2.31. The molecule has 0 fully saturated rings. The standard InChI is InChI=1S/C14H18N2O2S2/c1-10(2)14(12-7-5-9-19-12)16-11-6-3-4-8-13(11)20(15,17)18/h3-10,14,16H,1-2H3,(H2,15,17,18). The minimum atomic E-state index is -3.73. The van der Waals surface area contributed by atoms with Gasteiger partial charge in [0.15, 0.2) is 0 Å². The van der Waals surface area contributed by atoms with Crippen LogP contribution in [0.15, 0.2) is 46.7 Å². The minimum absolute atomic E-state index is 0.0536. The van der Waals surface area contributed by atoms with Crippen molar-refractivity contribution in [3.05, 3.63) is 46.7 Å². The van der Waals surface area contributed by atoms with Crippen molar-refractivity contribution in [2.75, 3.05) is 5.32 Å². The van der Waals surface area contributed by atoms with Crippen LogP contribution in [0.3, 0.4) is 0 Å². The number of sulfonamides is 1. The maximum absolute atomic E-state index is 11.6. The van der Waals surface area contributed by atoms with E-state index in [0.29, 0.717) is 11.6 Å². The Morgan fingerprint density at radius 3 is 2.40 bits per heavy atom. The van der Waals surface area contributed by atoms with Gasteiger partial charge in [0.1, 0.15) is 4.90 Å². The van der Waals surface area contributed by atoms with Crippen molar-refractivity contribution in [2.24, 2.45) is 11.1 Å². The van der Waals surface area contributed by atoms with Gasteiger partial charge in [0.2, 0.25) is 10.0 Å². The van der Waals surface area contributed by atoms with Crippen LogP contribution in [0.4, 0.5) is 5.69 Å². The Balaban J connectivity index is 2.38. The number of nitrogens with one attached hydrogen (secondary N) is 1. The number of hydrogen-bond acceptors (Lipinski definition) is 4. The molecule has 1 unspecified atom stereocenters. The van der Waals surface area contributed by atoms with Gasteiger partial charge in [0.25, 0.3) is 0 Å². The van der Waals surface area contributed by atoms with Crippen LogP contribution in [0.1, 0.15) is 24.8 Å². The fraction of sp³-hybridized carbons (Fsp3) is 0.286. The summed E-state index contributed by atoms with van der Waals surface area (Å²) in [5, 5.41) is 10.6. The lowest BCUT2D eigenvalue weighted by Crippen LogP contribution is -2.19. The lowest BCUT2D eigenvalue weighted by molar-refractivity contribution is 0.552. The lowest BCUT2D eigenvalue weighted by Gasteiger charge is -2.23. The molecule has 1 aromatic heterocycles. The number of primary sulfonamides is 1. The molecule has 0 radical (unpaired) electrons. The molecule has 2 aromatic rings. The van der Waals surface area contributed by atoms with Crippen LogP contribution >= 0.6 is 11.3 Å². The molecule has 0 bridgehead atoms. The van der Waals surface area contributed by atoms with Crippen molar-refractivity contribution >= 4 is 27.0 Å². The molecule has 0 saturated heterocycles. The predicted octanol–water partition coefficient (Wildman–Crippen LogP) is 3.20. The van der Waals surface area contributed by atoms with Crippen LogP contribution in [-0.2, 0) is 10.0 Å². The summed E-state index contributed by atoms with van der Waals surface area (Å²) in [5.74, 6) is 0.321. The third kappa shape index (κ3) is 3.39. The molecular weight excluding hydrogens is 292 g/mol. The first-order valence-electron chi connectivity index (χ1n) is 6.31. The van der Waals surface area contributed by atoms with Crippen LogP contribution in [0.2, 0.25) is 0 Å². The van der Waals surface area contributed by atoms with E-state index in [-0.39, 0.29) is 10.9 Å². The molecule has 0 aliphatic carbocycles. The van der Waals surface area contributed by atoms with Crippen LogP contribution < -0.4 is 10.5 Å². The Hall–Kier alpha value is -1.37. The van der Waals surface area contributed by atoms with Gasteiger partial charge >= 0.3 is 0 Å². The van der Waals surface area contributed by atoms with Crippen LogP contribution in [0.25, 0.3) is 0 Å². The van der Waals surface area contributed by atoms with E-state index < -0.39 is 10.0 Å². The molecular formula is C14H18N2O2S2. The van der Waals surface area contributed by atoms with Crippen LogP contribution in [0, 0.1) is 5.92 Å². The quantitative estimate of drug-likeness (QED) is 0.890. The molecule has 20 heavy (non-hydrogen) atoms. The van der Waals surface area contributed by atoms with E-state index in [2.05, 4.69) is 19.2 Å². The van der Waals surface area contributed by atoms with Crippen molar-refractivity contribution in [2.45, 2.75) is 24.8 Å². The minimum Gasteiger partial charge on any atom is -0.376 e. The highest BCUT2D eigenvalue weighted by Gasteiger charge is 2.20. The van der Waals surface area contributed by atoms with E-state index in [9.17, 15) is 8.42 Å². The molecule has 6 heteroatoms. The first kappa shape index (κ1) is 15.0. The van der Waals surface area contributed by atoms with Gasteiger partial charge in [0.05, 0.1) is 11.7 Å². The molecule has 1 atom stereocenters. The zero-order valence-corrected chi connectivity index (χ0v) is 13.0. The fourth-order valence-corrected chi connectivity index (χ4v) is 3.69. The van der Waals surface area contributed by atoms with Crippen molar-refractivity contribution in [3.8, 4) is 0 Å². The normalized spacial score (nSPS) is 13.4. The van der Waals surface area contributed by atoms with Crippen LogP contribution in [-0.4, -0.2) is 8.42 Å². The first-order valence-corrected chi connectivity index (χ1v) is 8.74. The zero-order valence-electron chi connectivity index (χ0n) is 11.4. The molecule has 4 nitrogen and oxygen atoms in total. The van der Waals surface area contributed by atoms with E-state index in [1.54, 1.807) is 29.5 Å². The maximum Gasteiger partial charge on any atom is 0.240 e. The average molecular weight is 310 g/mol. The SMILES string of the molecule is CC(C)C(Nc1ccccc1S(N)(=O)=O)c1cccs1. The molecule has 0 aliphatic rings. The number of para-hydroxylation sites is 1. The van der Waals surface area contributed by atoms with Gasteiger partial charge in [0, 0.05) is 4.88 Å². The molecule has 1 heterocycles. The Bertz CT molecular complexity index is 664. The summed E-state index contributed by atoms with van der Waals surface area (Å²) in [4.78, 5) is 1.30. The Kier molecular flexibility index (Phi) is 4.47. The van der Waals surface area contributed by atoms with Gasteiger partial charge in [-0.25, -0.2) is 13.6 Å². The molecule has 0 aliphatic heterocycles.